The lowest BCUT2D eigenvalue weighted by Crippen LogP contribution is -2.57. The quantitative estimate of drug-likeness (QED) is 0.858. The minimum absolute atomic E-state index is 0.103. The number of hydrogen-bond donors (Lipinski definition) is 1. The molecule has 0 bridgehead atoms. The van der Waals surface area contributed by atoms with E-state index in [1.54, 1.807) is 19.1 Å². The Bertz CT molecular complexity index is 866. The summed E-state index contributed by atoms with van der Waals surface area (Å²) in [5.41, 5.74) is 1.46. The maximum absolute atomic E-state index is 13.9. The highest BCUT2D eigenvalue weighted by Gasteiger charge is 2.34. The Kier molecular flexibility index (Phi) is 5.67. The number of rotatable bonds is 4. The highest BCUT2D eigenvalue weighted by Crippen LogP contribution is 2.23. The lowest BCUT2D eigenvalue weighted by molar-refractivity contribution is -0.141. The van der Waals surface area contributed by atoms with Crippen molar-refractivity contribution in [3.8, 4) is 5.75 Å². The van der Waals surface area contributed by atoms with Crippen molar-refractivity contribution in [1.29, 1.82) is 0 Å². The third-order valence-corrected chi connectivity index (χ3v) is 5.92. The molecule has 2 aliphatic heterocycles. The van der Waals surface area contributed by atoms with E-state index in [1.165, 1.54) is 12.3 Å². The fraction of sp³-hybridized carbons (Fsp3) is 0.455. The summed E-state index contributed by atoms with van der Waals surface area (Å²) >= 11 is 0. The molecule has 1 aromatic carbocycles. The van der Waals surface area contributed by atoms with Crippen LogP contribution >= 0.6 is 0 Å². The van der Waals surface area contributed by atoms with Crippen LogP contribution in [0.5, 0.6) is 5.75 Å². The van der Waals surface area contributed by atoms with E-state index in [0.717, 1.165) is 56.9 Å². The number of nitrogens with zero attached hydrogens (tertiary/aromatic N) is 4. The Balaban J connectivity index is 1.37. The van der Waals surface area contributed by atoms with E-state index >= 15 is 0 Å². The Morgan fingerprint density at radius 2 is 1.93 bits per heavy atom. The molecule has 0 radical (unpaired) electrons. The zero-order chi connectivity index (χ0) is 20.4. The number of benzene rings is 1. The molecule has 4 rings (SSSR count). The first kappa shape index (κ1) is 19.6. The third kappa shape index (κ3) is 4.34. The van der Waals surface area contributed by atoms with Gasteiger partial charge in [-0.1, -0.05) is 12.1 Å². The molecule has 2 saturated heterocycles. The molecule has 7 heteroatoms. The molecule has 6 nitrogen and oxygen atoms in total. The molecule has 1 aromatic heterocycles. The lowest BCUT2D eigenvalue weighted by Gasteiger charge is -2.42. The zero-order valence-electron chi connectivity index (χ0n) is 16.7. The van der Waals surface area contributed by atoms with Gasteiger partial charge in [-0.05, 0) is 49.1 Å². The monoisotopic (exact) mass is 398 g/mol. The second-order valence-corrected chi connectivity index (χ2v) is 7.90. The van der Waals surface area contributed by atoms with Gasteiger partial charge in [0.2, 0.25) is 5.91 Å². The molecule has 2 fully saturated rings. The van der Waals surface area contributed by atoms with Crippen molar-refractivity contribution in [3.63, 3.8) is 0 Å². The number of aryl methyl sites for hydroxylation is 1. The summed E-state index contributed by atoms with van der Waals surface area (Å²) in [5.74, 6) is 0.935. The molecule has 154 valence electrons. The van der Waals surface area contributed by atoms with E-state index in [4.69, 9.17) is 0 Å². The van der Waals surface area contributed by atoms with E-state index in [1.807, 2.05) is 17.0 Å². The molecule has 1 amide bonds. The van der Waals surface area contributed by atoms with Gasteiger partial charge in [0.25, 0.3) is 0 Å². The first-order chi connectivity index (χ1) is 14.0. The summed E-state index contributed by atoms with van der Waals surface area (Å²) in [7, 11) is 0. The van der Waals surface area contributed by atoms with Crippen LogP contribution in [-0.4, -0.2) is 64.6 Å². The molecule has 0 saturated carbocycles. The first-order valence-electron chi connectivity index (χ1n) is 10.2. The van der Waals surface area contributed by atoms with Gasteiger partial charge < -0.3 is 14.9 Å². The Morgan fingerprint density at radius 1 is 1.14 bits per heavy atom. The molecule has 2 aromatic rings. The number of aromatic hydroxyl groups is 1. The van der Waals surface area contributed by atoms with Crippen LogP contribution in [0, 0.1) is 12.7 Å². The lowest BCUT2D eigenvalue weighted by atomic mass is 10.0. The molecule has 3 heterocycles. The highest BCUT2D eigenvalue weighted by atomic mass is 19.1. The van der Waals surface area contributed by atoms with E-state index < -0.39 is 0 Å². The number of pyridine rings is 1. The van der Waals surface area contributed by atoms with E-state index in [-0.39, 0.29) is 23.5 Å². The Hall–Kier alpha value is -2.67. The number of anilines is 1. The van der Waals surface area contributed by atoms with Crippen LogP contribution in [0.25, 0.3) is 0 Å². The normalized spacial score (nSPS) is 20.9. The summed E-state index contributed by atoms with van der Waals surface area (Å²) in [6, 6.07) is 8.57. The first-order valence-corrected chi connectivity index (χ1v) is 10.2. The van der Waals surface area contributed by atoms with E-state index in [9.17, 15) is 14.3 Å². The van der Waals surface area contributed by atoms with Gasteiger partial charge in [-0.3, -0.25) is 9.69 Å². The number of amides is 1. The maximum atomic E-state index is 13.9. The average molecular weight is 398 g/mol. The van der Waals surface area contributed by atoms with Crippen molar-refractivity contribution in [2.45, 2.75) is 32.4 Å². The fourth-order valence-electron chi connectivity index (χ4n) is 4.20. The SMILES string of the molecule is Cc1ccc(CN2CCCC(N3CCN(c4ccc(O)cn4)CC3)C2=O)cc1F. The van der Waals surface area contributed by atoms with Crippen LogP contribution in [0.1, 0.15) is 24.0 Å². The highest BCUT2D eigenvalue weighted by molar-refractivity contribution is 5.82. The smallest absolute Gasteiger partial charge is 0.240 e. The second kappa shape index (κ2) is 8.37. The maximum Gasteiger partial charge on any atom is 0.240 e. The van der Waals surface area contributed by atoms with Crippen molar-refractivity contribution in [3.05, 3.63) is 53.5 Å². The molecule has 29 heavy (non-hydrogen) atoms. The molecular weight excluding hydrogens is 371 g/mol. The molecule has 0 spiro atoms. The van der Waals surface area contributed by atoms with Crippen LogP contribution in [0.3, 0.4) is 0 Å². The van der Waals surface area contributed by atoms with Crippen molar-refractivity contribution in [2.75, 3.05) is 37.6 Å². The molecule has 1 unspecified atom stereocenters. The van der Waals surface area contributed by atoms with E-state index in [2.05, 4.69) is 14.8 Å². The van der Waals surface area contributed by atoms with E-state index in [0.29, 0.717) is 12.1 Å². The van der Waals surface area contributed by atoms with Crippen molar-refractivity contribution < 1.29 is 14.3 Å². The summed E-state index contributed by atoms with van der Waals surface area (Å²) in [4.78, 5) is 23.7. The van der Waals surface area contributed by atoms with Gasteiger partial charge in [0, 0.05) is 39.3 Å². The number of carbonyl (C=O) groups excluding carboxylic acids is 1. The predicted molar refractivity (Wildman–Crippen MR) is 109 cm³/mol. The number of halogens is 1. The summed E-state index contributed by atoms with van der Waals surface area (Å²) in [5, 5.41) is 9.40. The average Bonchev–Trinajstić information content (AvgIpc) is 2.73. The number of piperidine rings is 1. The number of piperazine rings is 1. The summed E-state index contributed by atoms with van der Waals surface area (Å²) < 4.78 is 13.9. The fourth-order valence-corrected chi connectivity index (χ4v) is 4.20. The Labute approximate surface area is 170 Å². The Morgan fingerprint density at radius 3 is 2.62 bits per heavy atom. The van der Waals surface area contributed by atoms with Crippen LogP contribution < -0.4 is 4.90 Å². The van der Waals surface area contributed by atoms with Crippen LogP contribution in [0.4, 0.5) is 10.2 Å². The van der Waals surface area contributed by atoms with Gasteiger partial charge in [0.05, 0.1) is 12.2 Å². The van der Waals surface area contributed by atoms with Crippen molar-refractivity contribution in [1.82, 2.24) is 14.8 Å². The number of carbonyl (C=O) groups is 1. The topological polar surface area (TPSA) is 59.9 Å². The molecule has 1 N–H and O–H groups in total. The second-order valence-electron chi connectivity index (χ2n) is 7.90. The molecule has 2 aliphatic rings. The van der Waals surface area contributed by atoms with Gasteiger partial charge in [-0.25, -0.2) is 9.37 Å². The molecular formula is C22H27FN4O2. The number of aromatic nitrogens is 1. The minimum Gasteiger partial charge on any atom is -0.506 e. The molecule has 0 aliphatic carbocycles. The standard InChI is InChI=1S/C22H27FN4O2/c1-16-4-5-17(13-19(16)23)15-27-8-2-3-20(22(27)29)25-9-11-26(12-10-25)21-7-6-18(28)14-24-21/h4-7,13-14,20,28H,2-3,8-12,15H2,1H3. The summed E-state index contributed by atoms with van der Waals surface area (Å²) in [6.07, 6.45) is 3.29. The van der Waals surface area contributed by atoms with Gasteiger partial charge in [0.15, 0.2) is 0 Å². The zero-order valence-corrected chi connectivity index (χ0v) is 16.7. The van der Waals surface area contributed by atoms with Gasteiger partial charge >= 0.3 is 0 Å². The number of likely N-dealkylation sites (tertiary alicyclic amines) is 1. The molecule has 1 atom stereocenters. The predicted octanol–water partition coefficient (Wildman–Crippen LogP) is 2.55. The van der Waals surface area contributed by atoms with Gasteiger partial charge in [-0.15, -0.1) is 0 Å². The van der Waals surface area contributed by atoms with Crippen molar-refractivity contribution >= 4 is 11.7 Å². The summed E-state index contributed by atoms with van der Waals surface area (Å²) in [6.45, 7) is 6.12. The van der Waals surface area contributed by atoms with Crippen LogP contribution in [-0.2, 0) is 11.3 Å². The van der Waals surface area contributed by atoms with Crippen LogP contribution in [0.15, 0.2) is 36.5 Å². The van der Waals surface area contributed by atoms with Gasteiger partial charge in [-0.2, -0.15) is 0 Å². The van der Waals surface area contributed by atoms with Crippen LogP contribution in [0.2, 0.25) is 0 Å². The third-order valence-electron chi connectivity index (χ3n) is 5.92. The largest absolute Gasteiger partial charge is 0.506 e. The minimum atomic E-state index is -0.220. The number of hydrogen-bond acceptors (Lipinski definition) is 5. The van der Waals surface area contributed by atoms with Gasteiger partial charge in [0.1, 0.15) is 17.4 Å². The van der Waals surface area contributed by atoms with Crippen molar-refractivity contribution in [2.24, 2.45) is 0 Å².